The molecule has 0 N–H and O–H groups in total. The Bertz CT molecular complexity index is 1130. The third kappa shape index (κ3) is 3.25. The number of aliphatic imine (C=N–C) groups is 1. The van der Waals surface area contributed by atoms with E-state index in [2.05, 4.69) is 9.73 Å². The minimum absolute atomic E-state index is 0.171. The van der Waals surface area contributed by atoms with Crippen molar-refractivity contribution in [3.8, 4) is 0 Å². The monoisotopic (exact) mass is 397 g/mol. The van der Waals surface area contributed by atoms with Gasteiger partial charge in [0.2, 0.25) is 5.90 Å². The zero-order valence-electron chi connectivity index (χ0n) is 14.1. The Morgan fingerprint density at radius 1 is 1.19 bits per heavy atom. The number of nitrogens with zero attached hydrogens (tertiary/aromatic N) is 1. The topological polar surface area (TPSA) is 65.0 Å². The molecule has 0 amide bonds. The molecule has 0 radical (unpaired) electrons. The molecule has 5 nitrogen and oxygen atoms in total. The van der Waals surface area contributed by atoms with Gasteiger partial charge in [-0.15, -0.1) is 11.3 Å². The van der Waals surface area contributed by atoms with Crippen molar-refractivity contribution in [1.82, 2.24) is 0 Å². The van der Waals surface area contributed by atoms with Gasteiger partial charge in [0.25, 0.3) is 0 Å². The number of esters is 2. The molecular formula is C20H12ClNO4S. The number of benzene rings is 2. The molecule has 1 aliphatic rings. The van der Waals surface area contributed by atoms with Crippen LogP contribution in [-0.4, -0.2) is 24.9 Å². The molecule has 3 aromatic rings. The van der Waals surface area contributed by atoms with E-state index < -0.39 is 11.9 Å². The second kappa shape index (κ2) is 6.98. The summed E-state index contributed by atoms with van der Waals surface area (Å²) in [6.45, 7) is 0. The molecule has 0 bridgehead atoms. The van der Waals surface area contributed by atoms with E-state index in [4.69, 9.17) is 16.3 Å². The lowest BCUT2D eigenvalue weighted by molar-refractivity contribution is -0.129. The van der Waals surface area contributed by atoms with Crippen molar-refractivity contribution < 1.29 is 19.1 Å². The molecular weight excluding hydrogens is 386 g/mol. The zero-order valence-corrected chi connectivity index (χ0v) is 15.6. The Balaban J connectivity index is 1.67. The van der Waals surface area contributed by atoms with Crippen LogP contribution in [0.25, 0.3) is 16.2 Å². The summed E-state index contributed by atoms with van der Waals surface area (Å²) in [6.07, 6.45) is 1.59. The summed E-state index contributed by atoms with van der Waals surface area (Å²) in [6, 6.07) is 14.3. The van der Waals surface area contributed by atoms with Gasteiger partial charge in [-0.25, -0.2) is 14.6 Å². The van der Waals surface area contributed by atoms with Crippen LogP contribution in [-0.2, 0) is 14.3 Å². The fourth-order valence-electron chi connectivity index (χ4n) is 2.65. The number of fused-ring (bicyclic) bond motifs is 1. The highest BCUT2D eigenvalue weighted by molar-refractivity contribution is 7.21. The molecule has 0 atom stereocenters. The number of hydrogen-bond donors (Lipinski definition) is 0. The normalized spacial score (nSPS) is 15.1. The lowest BCUT2D eigenvalue weighted by Crippen LogP contribution is -2.04. The summed E-state index contributed by atoms with van der Waals surface area (Å²) in [5.41, 5.74) is 1.31. The first-order valence-corrected chi connectivity index (χ1v) is 9.14. The predicted molar refractivity (Wildman–Crippen MR) is 105 cm³/mol. The first-order valence-electron chi connectivity index (χ1n) is 7.95. The molecule has 27 heavy (non-hydrogen) atoms. The molecule has 134 valence electrons. The van der Waals surface area contributed by atoms with Crippen LogP contribution < -0.4 is 0 Å². The maximum absolute atomic E-state index is 12.2. The van der Waals surface area contributed by atoms with E-state index in [0.717, 1.165) is 10.1 Å². The number of halogens is 1. The van der Waals surface area contributed by atoms with Gasteiger partial charge in [0.1, 0.15) is 4.88 Å². The second-order valence-electron chi connectivity index (χ2n) is 5.69. The molecule has 1 aliphatic heterocycles. The largest absolute Gasteiger partial charge is 0.465 e. The Labute approximate surface area is 163 Å². The molecule has 0 unspecified atom stereocenters. The Kier molecular flexibility index (Phi) is 4.51. The van der Waals surface area contributed by atoms with Crippen LogP contribution in [0.2, 0.25) is 5.02 Å². The lowest BCUT2D eigenvalue weighted by atomic mass is 10.1. The molecule has 1 aromatic heterocycles. The lowest BCUT2D eigenvalue weighted by Gasteiger charge is -1.99. The molecule has 0 aliphatic carbocycles. The first kappa shape index (κ1) is 17.5. The molecule has 0 saturated heterocycles. The SMILES string of the molecule is COC(=O)c1ccc(/C=C2/N=C(c3sc4ccccc4c3Cl)OC2=O)cc1. The van der Waals surface area contributed by atoms with Gasteiger partial charge in [0, 0.05) is 10.1 Å². The van der Waals surface area contributed by atoms with Gasteiger partial charge in [0.05, 0.1) is 17.7 Å². The highest BCUT2D eigenvalue weighted by Crippen LogP contribution is 2.37. The predicted octanol–water partition coefficient (Wildman–Crippen LogP) is 4.69. The molecule has 0 saturated carbocycles. The Morgan fingerprint density at radius 3 is 2.63 bits per heavy atom. The number of carbonyl (C=O) groups excluding carboxylic acids is 2. The Morgan fingerprint density at radius 2 is 1.93 bits per heavy atom. The standard InChI is InChI=1S/C20H12ClNO4S/c1-25-19(23)12-8-6-11(7-9-12)10-14-20(24)26-18(22-14)17-16(21)13-4-2-3-5-15(13)27-17/h2-10H,1H3/b14-10+. The van der Waals surface area contributed by atoms with Gasteiger partial charge in [-0.1, -0.05) is 41.9 Å². The van der Waals surface area contributed by atoms with Crippen LogP contribution >= 0.6 is 22.9 Å². The first-order chi connectivity index (χ1) is 13.1. The minimum atomic E-state index is -0.546. The smallest absolute Gasteiger partial charge is 0.363 e. The van der Waals surface area contributed by atoms with Crippen LogP contribution in [0.3, 0.4) is 0 Å². The quantitative estimate of drug-likeness (QED) is 0.475. The second-order valence-corrected chi connectivity index (χ2v) is 7.12. The summed E-state index contributed by atoms with van der Waals surface area (Å²) >= 11 is 7.85. The van der Waals surface area contributed by atoms with Gasteiger partial charge < -0.3 is 9.47 Å². The Hall–Kier alpha value is -2.96. The molecule has 4 rings (SSSR count). The average molecular weight is 398 g/mol. The van der Waals surface area contributed by atoms with Gasteiger partial charge in [-0.3, -0.25) is 0 Å². The van der Waals surface area contributed by atoms with E-state index >= 15 is 0 Å². The van der Waals surface area contributed by atoms with E-state index in [1.165, 1.54) is 18.4 Å². The summed E-state index contributed by atoms with van der Waals surface area (Å²) < 4.78 is 11.0. The molecule has 2 aromatic carbocycles. The van der Waals surface area contributed by atoms with E-state index in [1.807, 2.05) is 24.3 Å². The van der Waals surface area contributed by atoms with E-state index in [0.29, 0.717) is 21.0 Å². The van der Waals surface area contributed by atoms with Crippen molar-refractivity contribution in [2.24, 2.45) is 4.99 Å². The third-order valence-electron chi connectivity index (χ3n) is 3.98. The number of thiophene rings is 1. The summed E-state index contributed by atoms with van der Waals surface area (Å²) in [4.78, 5) is 28.6. The number of ether oxygens (including phenoxy) is 2. The average Bonchev–Trinajstić information content (AvgIpc) is 3.22. The molecule has 7 heteroatoms. The molecule has 0 fully saturated rings. The van der Waals surface area contributed by atoms with E-state index in [-0.39, 0.29) is 11.6 Å². The maximum Gasteiger partial charge on any atom is 0.363 e. The molecule has 0 spiro atoms. The van der Waals surface area contributed by atoms with Gasteiger partial charge in [-0.2, -0.15) is 0 Å². The van der Waals surface area contributed by atoms with Crippen LogP contribution in [0, 0.1) is 0 Å². The van der Waals surface area contributed by atoms with Crippen molar-refractivity contribution in [3.05, 3.63) is 75.3 Å². The highest BCUT2D eigenvalue weighted by atomic mass is 35.5. The number of cyclic esters (lactones) is 1. The van der Waals surface area contributed by atoms with Crippen molar-refractivity contribution in [2.75, 3.05) is 7.11 Å². The summed E-state index contributed by atoms with van der Waals surface area (Å²) in [5.74, 6) is -0.770. The van der Waals surface area contributed by atoms with Crippen LogP contribution in [0.4, 0.5) is 0 Å². The van der Waals surface area contributed by atoms with Gasteiger partial charge in [0.15, 0.2) is 5.70 Å². The number of hydrogen-bond acceptors (Lipinski definition) is 6. The zero-order chi connectivity index (χ0) is 19.0. The highest BCUT2D eigenvalue weighted by Gasteiger charge is 2.27. The summed E-state index contributed by atoms with van der Waals surface area (Å²) in [7, 11) is 1.32. The van der Waals surface area contributed by atoms with Crippen molar-refractivity contribution in [2.45, 2.75) is 0 Å². The van der Waals surface area contributed by atoms with Crippen molar-refractivity contribution >= 4 is 56.9 Å². The fourth-order valence-corrected chi connectivity index (χ4v) is 4.09. The number of methoxy groups -OCH3 is 1. The van der Waals surface area contributed by atoms with Crippen molar-refractivity contribution in [1.29, 1.82) is 0 Å². The van der Waals surface area contributed by atoms with Crippen molar-refractivity contribution in [3.63, 3.8) is 0 Å². The van der Waals surface area contributed by atoms with Gasteiger partial charge in [-0.05, 0) is 29.8 Å². The minimum Gasteiger partial charge on any atom is -0.465 e. The van der Waals surface area contributed by atoms with Crippen LogP contribution in [0.5, 0.6) is 0 Å². The number of carbonyl (C=O) groups is 2. The van der Waals surface area contributed by atoms with Crippen LogP contribution in [0.15, 0.2) is 59.2 Å². The number of rotatable bonds is 3. The summed E-state index contributed by atoms with van der Waals surface area (Å²) in [5, 5.41) is 1.42. The van der Waals surface area contributed by atoms with E-state index in [9.17, 15) is 9.59 Å². The van der Waals surface area contributed by atoms with Crippen LogP contribution in [0.1, 0.15) is 20.8 Å². The third-order valence-corrected chi connectivity index (χ3v) is 5.65. The fraction of sp³-hybridized carbons (Fsp3) is 0.0500. The van der Waals surface area contributed by atoms with Gasteiger partial charge >= 0.3 is 11.9 Å². The molecule has 2 heterocycles. The maximum atomic E-state index is 12.2. The van der Waals surface area contributed by atoms with E-state index in [1.54, 1.807) is 30.3 Å².